The van der Waals surface area contributed by atoms with E-state index in [-0.39, 0.29) is 12.1 Å². The molecule has 2 nitrogen and oxygen atoms in total. The molecule has 0 aliphatic rings. The van der Waals surface area contributed by atoms with Crippen LogP contribution in [0.2, 0.25) is 5.02 Å². The Morgan fingerprint density at radius 2 is 1.43 bits per heavy atom. The van der Waals surface area contributed by atoms with E-state index in [0.29, 0.717) is 0 Å². The molecule has 0 aliphatic carbocycles. The summed E-state index contributed by atoms with van der Waals surface area (Å²) in [5.74, 6) is -5.43. The van der Waals surface area contributed by atoms with E-state index < -0.39 is 46.6 Å². The van der Waals surface area contributed by atoms with Crippen molar-refractivity contribution in [3.63, 3.8) is 0 Å². The molecule has 1 rings (SSSR count). The van der Waals surface area contributed by atoms with Gasteiger partial charge in [-0.25, -0.2) is 13.6 Å². The van der Waals surface area contributed by atoms with Gasteiger partial charge in [-0.15, -0.1) is 0 Å². The fourth-order valence-corrected chi connectivity index (χ4v) is 1.40. The summed E-state index contributed by atoms with van der Waals surface area (Å²) < 4.78 is 102. The lowest BCUT2D eigenvalue weighted by atomic mass is 10.2. The maximum Gasteiger partial charge on any atom is 0.434 e. The van der Waals surface area contributed by atoms with Crippen LogP contribution in [-0.2, 0) is 4.74 Å². The molecule has 0 bridgehead atoms. The van der Waals surface area contributed by atoms with E-state index in [0.717, 1.165) is 0 Å². The van der Waals surface area contributed by atoms with Crippen LogP contribution in [0.1, 0.15) is 10.4 Å². The van der Waals surface area contributed by atoms with Gasteiger partial charge < -0.3 is 4.74 Å². The van der Waals surface area contributed by atoms with Gasteiger partial charge in [0.05, 0.1) is 10.6 Å². The van der Waals surface area contributed by atoms with Crippen molar-refractivity contribution in [2.75, 3.05) is 0 Å². The molecule has 0 saturated carbocycles. The number of carbonyl (C=O) groups excluding carboxylic acids is 1. The van der Waals surface area contributed by atoms with Crippen LogP contribution in [0.25, 0.3) is 0 Å². The molecule has 0 unspecified atom stereocenters. The van der Waals surface area contributed by atoms with Crippen molar-refractivity contribution in [3.05, 3.63) is 34.4 Å². The number of esters is 1. The predicted molar refractivity (Wildman–Crippen MR) is 52.7 cm³/mol. The Hall–Kier alpha value is -1.58. The van der Waals surface area contributed by atoms with Crippen molar-refractivity contribution >= 4 is 17.6 Å². The second kappa shape index (κ2) is 5.66. The minimum atomic E-state index is -5.93. The van der Waals surface area contributed by atoms with E-state index in [1.165, 1.54) is 0 Å². The maximum atomic E-state index is 12.8. The van der Waals surface area contributed by atoms with Gasteiger partial charge in [0.1, 0.15) is 0 Å². The number of carbonyl (C=O) groups is 1. The van der Waals surface area contributed by atoms with Crippen molar-refractivity contribution in [2.24, 2.45) is 0 Å². The Bertz CT molecular complexity index is 537. The summed E-state index contributed by atoms with van der Waals surface area (Å²) in [6.07, 6.45) is -16.3. The Kier molecular flexibility index (Phi) is 4.71. The molecular weight excluding hydrogens is 340 g/mol. The number of halogens is 9. The summed E-state index contributed by atoms with van der Waals surface area (Å²) in [5.41, 5.74) is -1.17. The third-order valence-corrected chi connectivity index (χ3v) is 2.36. The molecule has 0 fully saturated rings. The third-order valence-electron chi connectivity index (χ3n) is 2.05. The van der Waals surface area contributed by atoms with Gasteiger partial charge in [-0.2, -0.15) is 26.3 Å². The van der Waals surface area contributed by atoms with E-state index in [1.54, 1.807) is 0 Å². The Morgan fingerprint density at radius 3 is 1.86 bits per heavy atom. The summed E-state index contributed by atoms with van der Waals surface area (Å²) in [7, 11) is 0. The van der Waals surface area contributed by atoms with Gasteiger partial charge >= 0.3 is 18.3 Å². The molecule has 0 N–H and O–H groups in total. The largest absolute Gasteiger partial charge is 0.439 e. The van der Waals surface area contributed by atoms with Crippen LogP contribution in [0.4, 0.5) is 35.1 Å². The lowest BCUT2D eigenvalue weighted by molar-refractivity contribution is -0.307. The lowest BCUT2D eigenvalue weighted by Crippen LogP contribution is -2.45. The Balaban J connectivity index is 3.12. The van der Waals surface area contributed by atoms with E-state index >= 15 is 0 Å². The molecule has 11 heteroatoms. The monoisotopic (exact) mass is 342 g/mol. The highest BCUT2D eigenvalue weighted by molar-refractivity contribution is 6.33. The highest BCUT2D eigenvalue weighted by Gasteiger charge is 2.60. The van der Waals surface area contributed by atoms with E-state index in [2.05, 4.69) is 4.74 Å². The maximum absolute atomic E-state index is 12.8. The molecule has 0 radical (unpaired) electrons. The molecule has 1 aromatic carbocycles. The average Bonchev–Trinajstić information content (AvgIpc) is 2.27. The zero-order valence-electron chi connectivity index (χ0n) is 9.45. The van der Waals surface area contributed by atoms with E-state index in [4.69, 9.17) is 11.6 Å². The molecule has 0 atom stereocenters. The van der Waals surface area contributed by atoms with Crippen LogP contribution < -0.4 is 0 Å². The topological polar surface area (TPSA) is 26.3 Å². The normalized spacial score (nSPS) is 12.7. The van der Waals surface area contributed by atoms with Gasteiger partial charge in [-0.1, -0.05) is 11.6 Å². The third kappa shape index (κ3) is 4.19. The second-order valence-corrected chi connectivity index (χ2v) is 4.02. The zero-order chi connectivity index (χ0) is 16.6. The van der Waals surface area contributed by atoms with Crippen molar-refractivity contribution in [1.82, 2.24) is 0 Å². The van der Waals surface area contributed by atoms with Crippen LogP contribution in [-0.4, -0.2) is 24.4 Å². The summed E-state index contributed by atoms with van der Waals surface area (Å²) in [6, 6.07) is 0.244. The SMILES string of the molecule is O=C(OC(C(F)(F)F)C(F)(F)F)c1cc(F)c(F)cc1Cl. The molecule has 0 spiro atoms. The van der Waals surface area contributed by atoms with Crippen molar-refractivity contribution < 1.29 is 44.7 Å². The highest BCUT2D eigenvalue weighted by Crippen LogP contribution is 2.36. The van der Waals surface area contributed by atoms with Gasteiger partial charge in [-0.05, 0) is 12.1 Å². The quantitative estimate of drug-likeness (QED) is 0.456. The van der Waals surface area contributed by atoms with Gasteiger partial charge in [0, 0.05) is 0 Å². The van der Waals surface area contributed by atoms with Crippen LogP contribution in [0.5, 0.6) is 0 Å². The van der Waals surface area contributed by atoms with Crippen LogP contribution in [0.15, 0.2) is 12.1 Å². The van der Waals surface area contributed by atoms with E-state index in [9.17, 15) is 39.9 Å². The number of rotatable bonds is 2. The molecule has 21 heavy (non-hydrogen) atoms. The first-order valence-electron chi connectivity index (χ1n) is 4.83. The molecule has 0 saturated heterocycles. The molecule has 1 aromatic rings. The fraction of sp³-hybridized carbons (Fsp3) is 0.300. The first kappa shape index (κ1) is 17.5. The minimum absolute atomic E-state index is 0.0316. The molecular formula is C10H3ClF8O2. The number of hydrogen-bond acceptors (Lipinski definition) is 2. The summed E-state index contributed by atoms with van der Waals surface area (Å²) in [5, 5.41) is -0.901. The fourth-order valence-electron chi connectivity index (χ4n) is 1.17. The smallest absolute Gasteiger partial charge is 0.434 e. The number of benzene rings is 1. The number of ether oxygens (including phenoxy) is 1. The molecule has 0 heterocycles. The number of alkyl halides is 6. The van der Waals surface area contributed by atoms with Gasteiger partial charge in [0.25, 0.3) is 6.10 Å². The Morgan fingerprint density at radius 1 is 1.00 bits per heavy atom. The predicted octanol–water partition coefficient (Wildman–Crippen LogP) is 4.27. The van der Waals surface area contributed by atoms with Gasteiger partial charge in [0.2, 0.25) is 0 Å². The second-order valence-electron chi connectivity index (χ2n) is 3.61. The van der Waals surface area contributed by atoms with Crippen LogP contribution in [0.3, 0.4) is 0 Å². The standard InChI is InChI=1S/C10H3ClF8O2/c11-4-2-6(13)5(12)1-3(4)7(20)21-8(9(14,15)16)10(17,18)19/h1-2,8H. The highest BCUT2D eigenvalue weighted by atomic mass is 35.5. The van der Waals surface area contributed by atoms with Crippen LogP contribution >= 0.6 is 11.6 Å². The molecule has 0 aromatic heterocycles. The van der Waals surface area contributed by atoms with Gasteiger partial charge in [-0.3, -0.25) is 0 Å². The van der Waals surface area contributed by atoms with Crippen molar-refractivity contribution in [1.29, 1.82) is 0 Å². The molecule has 118 valence electrons. The molecule has 0 amide bonds. The van der Waals surface area contributed by atoms with E-state index in [1.807, 2.05) is 0 Å². The van der Waals surface area contributed by atoms with Crippen LogP contribution in [0, 0.1) is 11.6 Å². The Labute approximate surface area is 116 Å². The van der Waals surface area contributed by atoms with Crippen molar-refractivity contribution in [2.45, 2.75) is 18.5 Å². The summed E-state index contributed by atoms with van der Waals surface area (Å²) >= 11 is 5.24. The lowest BCUT2D eigenvalue weighted by Gasteiger charge is -2.22. The average molecular weight is 343 g/mol. The molecule has 0 aliphatic heterocycles. The minimum Gasteiger partial charge on any atom is -0.439 e. The summed E-state index contributed by atoms with van der Waals surface area (Å²) in [4.78, 5) is 11.2. The van der Waals surface area contributed by atoms with Crippen molar-refractivity contribution in [3.8, 4) is 0 Å². The first-order chi connectivity index (χ1) is 9.34. The zero-order valence-corrected chi connectivity index (χ0v) is 10.2. The first-order valence-corrected chi connectivity index (χ1v) is 5.20. The number of hydrogen-bond donors (Lipinski definition) is 0. The van der Waals surface area contributed by atoms with Gasteiger partial charge in [0.15, 0.2) is 11.6 Å². The summed E-state index contributed by atoms with van der Waals surface area (Å²) in [6.45, 7) is 0.